The van der Waals surface area contributed by atoms with Gasteiger partial charge in [-0.2, -0.15) is 0 Å². The van der Waals surface area contributed by atoms with Crippen LogP contribution in [-0.4, -0.2) is 50.9 Å². The predicted molar refractivity (Wildman–Crippen MR) is 139 cm³/mol. The SMILES string of the molecule is COc1ccc(CN(C(=O)CCc2ccc(S(=O)(=O)NC3CC3)cc2)[C@H](C)C(=O)NCC(C)C)cc1. The first-order chi connectivity index (χ1) is 17.1. The first kappa shape index (κ1) is 27.7. The Morgan fingerprint density at radius 3 is 2.17 bits per heavy atom. The van der Waals surface area contributed by atoms with Gasteiger partial charge in [0.1, 0.15) is 11.8 Å². The fourth-order valence-corrected chi connectivity index (χ4v) is 4.99. The molecule has 0 aromatic heterocycles. The standard InChI is InChI=1S/C27H37N3O5S/c1-19(2)17-28-27(32)20(3)30(18-22-5-12-24(35-4)13-6-22)26(31)16-9-21-7-14-25(15-8-21)36(33,34)29-23-10-11-23/h5-8,12-15,19-20,23,29H,9-11,16-18H2,1-4H3,(H,28,32)/t20-/m1/s1. The van der Waals surface area contributed by atoms with Gasteiger partial charge in [-0.05, 0) is 67.5 Å². The van der Waals surface area contributed by atoms with Gasteiger partial charge in [-0.1, -0.05) is 38.1 Å². The smallest absolute Gasteiger partial charge is 0.242 e. The third-order valence-corrected chi connectivity index (χ3v) is 7.66. The highest BCUT2D eigenvalue weighted by atomic mass is 32.2. The van der Waals surface area contributed by atoms with Crippen molar-refractivity contribution in [1.29, 1.82) is 0 Å². The first-order valence-electron chi connectivity index (χ1n) is 12.4. The van der Waals surface area contributed by atoms with Crippen molar-refractivity contribution in [2.24, 2.45) is 5.92 Å². The number of hydrogen-bond donors (Lipinski definition) is 2. The number of nitrogens with one attached hydrogen (secondary N) is 2. The molecule has 36 heavy (non-hydrogen) atoms. The van der Waals surface area contributed by atoms with Crippen LogP contribution >= 0.6 is 0 Å². The molecule has 2 aromatic carbocycles. The van der Waals surface area contributed by atoms with Crippen molar-refractivity contribution in [1.82, 2.24) is 14.9 Å². The summed E-state index contributed by atoms with van der Waals surface area (Å²) in [5.41, 5.74) is 1.75. The van der Waals surface area contributed by atoms with E-state index in [1.54, 1.807) is 43.2 Å². The molecule has 0 aliphatic heterocycles. The highest BCUT2D eigenvalue weighted by Crippen LogP contribution is 2.22. The van der Waals surface area contributed by atoms with E-state index in [9.17, 15) is 18.0 Å². The van der Waals surface area contributed by atoms with Gasteiger partial charge in [-0.15, -0.1) is 0 Å². The molecule has 1 saturated carbocycles. The maximum Gasteiger partial charge on any atom is 0.242 e. The van der Waals surface area contributed by atoms with Crippen LogP contribution in [0.2, 0.25) is 0 Å². The number of carbonyl (C=O) groups excluding carboxylic acids is 2. The van der Waals surface area contributed by atoms with Gasteiger partial charge in [-0.25, -0.2) is 13.1 Å². The van der Waals surface area contributed by atoms with Crippen LogP contribution in [0.15, 0.2) is 53.4 Å². The Labute approximate surface area is 214 Å². The van der Waals surface area contributed by atoms with Crippen molar-refractivity contribution in [3.63, 3.8) is 0 Å². The summed E-state index contributed by atoms with van der Waals surface area (Å²) in [4.78, 5) is 27.9. The van der Waals surface area contributed by atoms with Gasteiger partial charge in [0, 0.05) is 25.6 Å². The van der Waals surface area contributed by atoms with Crippen LogP contribution in [0.25, 0.3) is 0 Å². The lowest BCUT2D eigenvalue weighted by Crippen LogP contribution is -2.48. The summed E-state index contributed by atoms with van der Waals surface area (Å²) < 4.78 is 32.6. The van der Waals surface area contributed by atoms with Gasteiger partial charge in [0.25, 0.3) is 0 Å². The van der Waals surface area contributed by atoms with Crippen LogP contribution < -0.4 is 14.8 Å². The maximum atomic E-state index is 13.3. The molecule has 1 atom stereocenters. The molecule has 0 unspecified atom stereocenters. The van der Waals surface area contributed by atoms with Crippen LogP contribution in [0.5, 0.6) is 5.75 Å². The molecule has 1 aliphatic rings. The Bertz CT molecular complexity index is 1130. The molecule has 9 heteroatoms. The molecule has 3 rings (SSSR count). The molecule has 0 spiro atoms. The van der Waals surface area contributed by atoms with E-state index < -0.39 is 16.1 Å². The fraction of sp³-hybridized carbons (Fsp3) is 0.481. The number of hydrogen-bond acceptors (Lipinski definition) is 5. The number of amides is 2. The molecule has 2 N–H and O–H groups in total. The van der Waals surface area contributed by atoms with Gasteiger partial charge < -0.3 is 15.0 Å². The quantitative estimate of drug-likeness (QED) is 0.426. The minimum Gasteiger partial charge on any atom is -0.497 e. The van der Waals surface area contributed by atoms with Gasteiger partial charge in [0.2, 0.25) is 21.8 Å². The second-order valence-corrected chi connectivity index (χ2v) is 11.4. The molecule has 0 heterocycles. The largest absolute Gasteiger partial charge is 0.497 e. The molecule has 1 fully saturated rings. The third kappa shape index (κ3) is 8.06. The van der Waals surface area contributed by atoms with Gasteiger partial charge >= 0.3 is 0 Å². The predicted octanol–water partition coefficient (Wildman–Crippen LogP) is 3.26. The number of rotatable bonds is 13. The normalized spacial score (nSPS) is 14.4. The van der Waals surface area contributed by atoms with E-state index in [-0.39, 0.29) is 29.2 Å². The Morgan fingerprint density at radius 1 is 1.00 bits per heavy atom. The lowest BCUT2D eigenvalue weighted by molar-refractivity contribution is -0.140. The number of aryl methyl sites for hydroxylation is 1. The van der Waals surface area contributed by atoms with E-state index in [2.05, 4.69) is 10.0 Å². The Balaban J connectivity index is 1.67. The topological polar surface area (TPSA) is 105 Å². The second kappa shape index (κ2) is 12.4. The van der Waals surface area contributed by atoms with E-state index in [4.69, 9.17) is 4.74 Å². The van der Waals surface area contributed by atoms with Crippen molar-refractivity contribution >= 4 is 21.8 Å². The van der Waals surface area contributed by atoms with Crippen LogP contribution in [0, 0.1) is 5.92 Å². The van der Waals surface area contributed by atoms with Crippen molar-refractivity contribution in [2.45, 2.75) is 70.0 Å². The maximum absolute atomic E-state index is 13.3. The summed E-state index contributed by atoms with van der Waals surface area (Å²) in [6, 6.07) is 13.4. The van der Waals surface area contributed by atoms with E-state index in [1.165, 1.54) is 0 Å². The summed E-state index contributed by atoms with van der Waals surface area (Å²) in [5.74, 6) is 0.684. The van der Waals surface area contributed by atoms with E-state index >= 15 is 0 Å². The number of carbonyl (C=O) groups is 2. The molecular formula is C27H37N3O5S. The monoisotopic (exact) mass is 515 g/mol. The average Bonchev–Trinajstić information content (AvgIpc) is 3.67. The number of methoxy groups -OCH3 is 1. The van der Waals surface area contributed by atoms with Crippen LogP contribution in [-0.2, 0) is 32.6 Å². The van der Waals surface area contributed by atoms with Crippen molar-refractivity contribution in [2.75, 3.05) is 13.7 Å². The summed E-state index contributed by atoms with van der Waals surface area (Å²) in [5, 5.41) is 2.92. The molecule has 8 nitrogen and oxygen atoms in total. The zero-order chi connectivity index (χ0) is 26.3. The van der Waals surface area contributed by atoms with Crippen molar-refractivity contribution in [3.8, 4) is 5.75 Å². The summed E-state index contributed by atoms with van der Waals surface area (Å²) in [7, 11) is -1.91. The molecule has 1 aliphatic carbocycles. The summed E-state index contributed by atoms with van der Waals surface area (Å²) in [6.45, 7) is 6.61. The Morgan fingerprint density at radius 2 is 1.61 bits per heavy atom. The van der Waals surface area contributed by atoms with E-state index in [0.717, 1.165) is 29.7 Å². The molecule has 2 aromatic rings. The summed E-state index contributed by atoms with van der Waals surface area (Å²) >= 11 is 0. The molecule has 0 radical (unpaired) electrons. The number of nitrogens with zero attached hydrogens (tertiary/aromatic N) is 1. The lowest BCUT2D eigenvalue weighted by Gasteiger charge is -2.29. The van der Waals surface area contributed by atoms with Gasteiger partial charge in [0.15, 0.2) is 0 Å². The van der Waals surface area contributed by atoms with Gasteiger partial charge in [-0.3, -0.25) is 9.59 Å². The lowest BCUT2D eigenvalue weighted by atomic mass is 10.1. The van der Waals surface area contributed by atoms with Crippen LogP contribution in [0.4, 0.5) is 0 Å². The van der Waals surface area contributed by atoms with Crippen LogP contribution in [0.1, 0.15) is 51.2 Å². The zero-order valence-electron chi connectivity index (χ0n) is 21.5. The minimum atomic E-state index is -3.51. The van der Waals surface area contributed by atoms with Crippen molar-refractivity contribution in [3.05, 3.63) is 59.7 Å². The van der Waals surface area contributed by atoms with Gasteiger partial charge in [0.05, 0.1) is 12.0 Å². The molecule has 2 amide bonds. The second-order valence-electron chi connectivity index (χ2n) is 9.72. The summed E-state index contributed by atoms with van der Waals surface area (Å²) in [6.07, 6.45) is 2.39. The molecule has 0 saturated heterocycles. The highest BCUT2D eigenvalue weighted by molar-refractivity contribution is 7.89. The average molecular weight is 516 g/mol. The molecular weight excluding hydrogens is 478 g/mol. The Hall–Kier alpha value is -2.91. The van der Waals surface area contributed by atoms with E-state index in [0.29, 0.717) is 25.4 Å². The third-order valence-electron chi connectivity index (χ3n) is 6.12. The highest BCUT2D eigenvalue weighted by Gasteiger charge is 2.28. The minimum absolute atomic E-state index is 0.0451. The van der Waals surface area contributed by atoms with Crippen LogP contribution in [0.3, 0.4) is 0 Å². The first-order valence-corrected chi connectivity index (χ1v) is 13.9. The number of sulfonamides is 1. The number of ether oxygens (including phenoxy) is 1. The number of benzene rings is 2. The van der Waals surface area contributed by atoms with Crippen molar-refractivity contribution < 1.29 is 22.7 Å². The fourth-order valence-electron chi connectivity index (χ4n) is 3.68. The molecule has 196 valence electrons. The zero-order valence-corrected chi connectivity index (χ0v) is 22.3. The Kier molecular flexibility index (Phi) is 9.50. The molecule has 0 bridgehead atoms. The van der Waals surface area contributed by atoms with E-state index in [1.807, 2.05) is 38.1 Å².